The Kier molecular flexibility index (Phi) is 4.67. The summed E-state index contributed by atoms with van der Waals surface area (Å²) in [5.41, 5.74) is 2.21. The lowest BCUT2D eigenvalue weighted by molar-refractivity contribution is 0.355. The van der Waals surface area contributed by atoms with Crippen LogP contribution >= 0.6 is 15.9 Å². The van der Waals surface area contributed by atoms with E-state index in [1.807, 2.05) is 42.7 Å². The molecule has 118 valence electrons. The number of imidazole rings is 1. The van der Waals surface area contributed by atoms with Gasteiger partial charge >= 0.3 is 0 Å². The van der Waals surface area contributed by atoms with Gasteiger partial charge in [-0.15, -0.1) is 0 Å². The van der Waals surface area contributed by atoms with Gasteiger partial charge < -0.3 is 14.0 Å². The van der Waals surface area contributed by atoms with Crippen LogP contribution in [0.15, 0.2) is 59.3 Å². The van der Waals surface area contributed by atoms with Crippen LogP contribution in [-0.4, -0.2) is 23.8 Å². The van der Waals surface area contributed by atoms with Gasteiger partial charge in [-0.05, 0) is 35.9 Å². The van der Waals surface area contributed by atoms with E-state index >= 15 is 0 Å². The third kappa shape index (κ3) is 3.40. The van der Waals surface area contributed by atoms with Crippen LogP contribution in [0.3, 0.4) is 0 Å². The van der Waals surface area contributed by atoms with E-state index in [1.165, 1.54) is 5.56 Å². The fraction of sp³-hybridized carbons (Fsp3) is 0.167. The minimum absolute atomic E-state index is 0.697. The lowest BCUT2D eigenvalue weighted by Crippen LogP contribution is -2.01. The van der Waals surface area contributed by atoms with Crippen molar-refractivity contribution in [2.45, 2.75) is 6.54 Å². The van der Waals surface area contributed by atoms with E-state index in [4.69, 9.17) is 9.47 Å². The first-order valence-corrected chi connectivity index (χ1v) is 7.98. The number of benzene rings is 2. The van der Waals surface area contributed by atoms with E-state index in [-0.39, 0.29) is 0 Å². The van der Waals surface area contributed by atoms with Crippen LogP contribution in [-0.2, 0) is 6.54 Å². The lowest BCUT2D eigenvalue weighted by Gasteiger charge is -2.11. The number of methoxy groups -OCH3 is 2. The third-order valence-corrected chi connectivity index (χ3v) is 4.15. The Morgan fingerprint density at radius 3 is 2.43 bits per heavy atom. The molecular weight excluding hydrogens is 356 g/mol. The molecule has 4 nitrogen and oxygen atoms in total. The highest BCUT2D eigenvalue weighted by Crippen LogP contribution is 2.31. The summed E-state index contributed by atoms with van der Waals surface area (Å²) in [6.45, 7) is 0.761. The minimum Gasteiger partial charge on any atom is -0.493 e. The van der Waals surface area contributed by atoms with Gasteiger partial charge in [-0.25, -0.2) is 4.98 Å². The van der Waals surface area contributed by atoms with E-state index in [0.717, 1.165) is 22.4 Å². The smallest absolute Gasteiger partial charge is 0.161 e. The molecular formula is C18H17BrN2O2. The summed E-state index contributed by atoms with van der Waals surface area (Å²) >= 11 is 3.46. The summed E-state index contributed by atoms with van der Waals surface area (Å²) in [7, 11) is 3.27. The molecule has 0 N–H and O–H groups in total. The Morgan fingerprint density at radius 1 is 1.00 bits per heavy atom. The molecule has 0 amide bonds. The molecule has 0 saturated carbocycles. The fourth-order valence-electron chi connectivity index (χ4n) is 2.46. The minimum atomic E-state index is 0.697. The summed E-state index contributed by atoms with van der Waals surface area (Å²) < 4.78 is 13.9. The summed E-state index contributed by atoms with van der Waals surface area (Å²) in [5.74, 6) is 2.30. The summed E-state index contributed by atoms with van der Waals surface area (Å²) in [6, 6.07) is 14.1. The highest BCUT2D eigenvalue weighted by atomic mass is 79.9. The Morgan fingerprint density at radius 2 is 1.74 bits per heavy atom. The zero-order valence-corrected chi connectivity index (χ0v) is 14.6. The molecule has 23 heavy (non-hydrogen) atoms. The molecule has 2 aromatic carbocycles. The average Bonchev–Trinajstić information content (AvgIpc) is 3.04. The van der Waals surface area contributed by atoms with Crippen LogP contribution in [0, 0.1) is 0 Å². The summed E-state index contributed by atoms with van der Waals surface area (Å²) in [4.78, 5) is 4.49. The van der Waals surface area contributed by atoms with Gasteiger partial charge in [0.25, 0.3) is 0 Å². The first-order valence-electron chi connectivity index (χ1n) is 7.19. The number of hydrogen-bond donors (Lipinski definition) is 0. The van der Waals surface area contributed by atoms with Crippen molar-refractivity contribution in [2.24, 2.45) is 0 Å². The quantitative estimate of drug-likeness (QED) is 0.666. The number of halogens is 1. The number of ether oxygens (including phenoxy) is 2. The predicted octanol–water partition coefficient (Wildman–Crippen LogP) is 4.38. The molecule has 0 spiro atoms. The van der Waals surface area contributed by atoms with Crippen LogP contribution in [0.4, 0.5) is 0 Å². The standard InChI is InChI=1S/C18H17BrN2O2/c1-22-16-8-5-14(11-17(16)23-2)18-20-9-10-21(18)12-13-3-6-15(19)7-4-13/h3-11H,12H2,1-2H3. The topological polar surface area (TPSA) is 36.3 Å². The second-order valence-electron chi connectivity index (χ2n) is 5.07. The van der Waals surface area contributed by atoms with Gasteiger partial charge in [0, 0.05) is 29.0 Å². The van der Waals surface area contributed by atoms with Gasteiger partial charge in [0.05, 0.1) is 14.2 Å². The van der Waals surface area contributed by atoms with Crippen LogP contribution in [0.1, 0.15) is 5.56 Å². The lowest BCUT2D eigenvalue weighted by atomic mass is 10.1. The zero-order valence-electron chi connectivity index (χ0n) is 13.0. The first-order chi connectivity index (χ1) is 11.2. The average molecular weight is 373 g/mol. The maximum Gasteiger partial charge on any atom is 0.161 e. The molecule has 1 aromatic heterocycles. The highest BCUT2D eigenvalue weighted by Gasteiger charge is 2.11. The maximum absolute atomic E-state index is 5.38. The number of rotatable bonds is 5. The molecule has 5 heteroatoms. The molecule has 0 fully saturated rings. The van der Waals surface area contributed by atoms with Crippen molar-refractivity contribution in [1.29, 1.82) is 0 Å². The van der Waals surface area contributed by atoms with Crippen molar-refractivity contribution < 1.29 is 9.47 Å². The Labute approximate surface area is 143 Å². The monoisotopic (exact) mass is 372 g/mol. The van der Waals surface area contributed by atoms with Gasteiger partial charge in [-0.1, -0.05) is 28.1 Å². The van der Waals surface area contributed by atoms with Crippen LogP contribution in [0.5, 0.6) is 11.5 Å². The fourth-order valence-corrected chi connectivity index (χ4v) is 2.72. The molecule has 0 aliphatic heterocycles. The molecule has 0 bridgehead atoms. The van der Waals surface area contributed by atoms with Crippen molar-refractivity contribution >= 4 is 15.9 Å². The third-order valence-electron chi connectivity index (χ3n) is 3.62. The molecule has 0 aliphatic rings. The van der Waals surface area contributed by atoms with E-state index in [0.29, 0.717) is 11.5 Å². The molecule has 0 saturated heterocycles. The van der Waals surface area contributed by atoms with Gasteiger partial charge in [0.15, 0.2) is 11.5 Å². The molecule has 1 heterocycles. The van der Waals surface area contributed by atoms with E-state index in [9.17, 15) is 0 Å². The second kappa shape index (κ2) is 6.87. The summed E-state index contributed by atoms with van der Waals surface area (Å²) in [5, 5.41) is 0. The summed E-state index contributed by atoms with van der Waals surface area (Å²) in [6.07, 6.45) is 3.79. The van der Waals surface area contributed by atoms with Crippen molar-refractivity contribution in [2.75, 3.05) is 14.2 Å². The highest BCUT2D eigenvalue weighted by molar-refractivity contribution is 9.10. The van der Waals surface area contributed by atoms with E-state index < -0.39 is 0 Å². The Hall–Kier alpha value is -2.27. The van der Waals surface area contributed by atoms with Gasteiger partial charge in [-0.3, -0.25) is 0 Å². The van der Waals surface area contributed by atoms with E-state index in [2.05, 4.69) is 37.6 Å². The number of nitrogens with zero attached hydrogens (tertiary/aromatic N) is 2. The van der Waals surface area contributed by atoms with Gasteiger partial charge in [0.2, 0.25) is 0 Å². The zero-order chi connectivity index (χ0) is 16.2. The van der Waals surface area contributed by atoms with Crippen LogP contribution < -0.4 is 9.47 Å². The largest absolute Gasteiger partial charge is 0.493 e. The van der Waals surface area contributed by atoms with Crippen molar-refractivity contribution in [3.05, 3.63) is 64.9 Å². The second-order valence-corrected chi connectivity index (χ2v) is 5.99. The van der Waals surface area contributed by atoms with Crippen LogP contribution in [0.2, 0.25) is 0 Å². The number of aromatic nitrogens is 2. The van der Waals surface area contributed by atoms with Gasteiger partial charge in [0.1, 0.15) is 5.82 Å². The van der Waals surface area contributed by atoms with Crippen molar-refractivity contribution in [1.82, 2.24) is 9.55 Å². The number of hydrogen-bond acceptors (Lipinski definition) is 3. The van der Waals surface area contributed by atoms with Gasteiger partial charge in [-0.2, -0.15) is 0 Å². The molecule has 3 rings (SSSR count). The maximum atomic E-state index is 5.38. The molecule has 0 aliphatic carbocycles. The Bertz CT molecular complexity index is 797. The molecule has 0 radical (unpaired) electrons. The molecule has 0 atom stereocenters. The predicted molar refractivity (Wildman–Crippen MR) is 94.0 cm³/mol. The SMILES string of the molecule is COc1ccc(-c2nccn2Cc2ccc(Br)cc2)cc1OC. The van der Waals surface area contributed by atoms with E-state index in [1.54, 1.807) is 14.2 Å². The first kappa shape index (κ1) is 15.6. The Balaban J connectivity index is 1.93. The normalized spacial score (nSPS) is 10.6. The molecule has 0 unspecified atom stereocenters. The van der Waals surface area contributed by atoms with Crippen molar-refractivity contribution in [3.63, 3.8) is 0 Å². The van der Waals surface area contributed by atoms with Crippen molar-refractivity contribution in [3.8, 4) is 22.9 Å². The molecule has 3 aromatic rings. The van der Waals surface area contributed by atoms with Crippen LogP contribution in [0.25, 0.3) is 11.4 Å².